The molecule has 6 heteroatoms. The van der Waals surface area contributed by atoms with E-state index in [2.05, 4.69) is 10.3 Å². The van der Waals surface area contributed by atoms with Gasteiger partial charge in [-0.1, -0.05) is 0 Å². The molecule has 1 heterocycles. The predicted octanol–water partition coefficient (Wildman–Crippen LogP) is 1.46. The van der Waals surface area contributed by atoms with Crippen LogP contribution in [0.3, 0.4) is 0 Å². The van der Waals surface area contributed by atoms with E-state index in [-0.39, 0.29) is 23.8 Å². The Bertz CT molecular complexity index is 488. The van der Waals surface area contributed by atoms with Crippen molar-refractivity contribution in [3.8, 4) is 0 Å². The average Bonchev–Trinajstić information content (AvgIpc) is 3.13. The number of aromatic nitrogens is 1. The summed E-state index contributed by atoms with van der Waals surface area (Å²) in [5.74, 6) is 0.185. The zero-order valence-corrected chi connectivity index (χ0v) is 11.5. The van der Waals surface area contributed by atoms with Gasteiger partial charge in [-0.15, -0.1) is 11.3 Å². The van der Waals surface area contributed by atoms with E-state index < -0.39 is 0 Å². The minimum Gasteiger partial charge on any atom is -0.469 e. The zero-order chi connectivity index (χ0) is 13.4. The molecule has 102 valence electrons. The standard InChI is InChI=1S/C13H16N2O3S/c1-18-13(17)10-7-2-3-8(4-7)11(10)15-12(16)9-5-19-6-14-9/h5-8,10-11H,2-4H2,1H3,(H,15,16)/t7-,8-,10-,11-/m0/s1. The molecule has 0 aromatic carbocycles. The maximum atomic E-state index is 12.1. The normalized spacial score (nSPS) is 32.3. The van der Waals surface area contributed by atoms with Gasteiger partial charge < -0.3 is 10.1 Å². The summed E-state index contributed by atoms with van der Waals surface area (Å²) >= 11 is 1.39. The number of nitrogens with zero attached hydrogens (tertiary/aromatic N) is 1. The van der Waals surface area contributed by atoms with Gasteiger partial charge in [-0.2, -0.15) is 0 Å². The third-order valence-electron chi connectivity index (χ3n) is 4.35. The molecule has 0 saturated heterocycles. The van der Waals surface area contributed by atoms with Crippen molar-refractivity contribution in [2.24, 2.45) is 17.8 Å². The third kappa shape index (κ3) is 2.14. The van der Waals surface area contributed by atoms with E-state index in [4.69, 9.17) is 4.74 Å². The Balaban J connectivity index is 1.75. The number of carbonyl (C=O) groups excluding carboxylic acids is 2. The summed E-state index contributed by atoms with van der Waals surface area (Å²) in [5, 5.41) is 4.70. The molecule has 1 N–H and O–H groups in total. The van der Waals surface area contributed by atoms with Gasteiger partial charge in [0, 0.05) is 11.4 Å². The molecule has 2 fully saturated rings. The van der Waals surface area contributed by atoms with E-state index in [9.17, 15) is 9.59 Å². The van der Waals surface area contributed by atoms with E-state index in [1.807, 2.05) is 0 Å². The van der Waals surface area contributed by atoms with Crippen LogP contribution in [0.2, 0.25) is 0 Å². The lowest BCUT2D eigenvalue weighted by Gasteiger charge is -2.29. The van der Waals surface area contributed by atoms with Crippen LogP contribution in [0.4, 0.5) is 0 Å². The molecule has 0 spiro atoms. The van der Waals surface area contributed by atoms with Gasteiger partial charge in [0.25, 0.3) is 5.91 Å². The second-order valence-electron chi connectivity index (χ2n) is 5.26. The van der Waals surface area contributed by atoms with Crippen molar-refractivity contribution in [2.45, 2.75) is 25.3 Å². The first kappa shape index (κ1) is 12.6. The fourth-order valence-electron chi connectivity index (χ4n) is 3.52. The van der Waals surface area contributed by atoms with E-state index in [0.717, 1.165) is 19.3 Å². The van der Waals surface area contributed by atoms with E-state index in [1.165, 1.54) is 18.4 Å². The van der Waals surface area contributed by atoms with Crippen LogP contribution in [0.1, 0.15) is 29.8 Å². The number of nitrogens with one attached hydrogen (secondary N) is 1. The van der Waals surface area contributed by atoms with Crippen LogP contribution in [0.5, 0.6) is 0 Å². The summed E-state index contributed by atoms with van der Waals surface area (Å²) in [6, 6.07) is -0.0969. The lowest BCUT2D eigenvalue weighted by Crippen LogP contribution is -2.47. The predicted molar refractivity (Wildman–Crippen MR) is 69.7 cm³/mol. The quantitative estimate of drug-likeness (QED) is 0.851. The Morgan fingerprint density at radius 2 is 2.21 bits per heavy atom. The van der Waals surface area contributed by atoms with Crippen molar-refractivity contribution in [3.05, 3.63) is 16.6 Å². The minimum atomic E-state index is -0.198. The van der Waals surface area contributed by atoms with E-state index >= 15 is 0 Å². The van der Waals surface area contributed by atoms with Gasteiger partial charge in [-0.3, -0.25) is 9.59 Å². The average molecular weight is 280 g/mol. The van der Waals surface area contributed by atoms with Gasteiger partial charge in [0.15, 0.2) is 0 Å². The van der Waals surface area contributed by atoms with Crippen LogP contribution in [0.25, 0.3) is 0 Å². The fraction of sp³-hybridized carbons (Fsp3) is 0.615. The summed E-state index contributed by atoms with van der Waals surface area (Å²) in [7, 11) is 1.41. The third-order valence-corrected chi connectivity index (χ3v) is 4.94. The number of hydrogen-bond acceptors (Lipinski definition) is 5. The van der Waals surface area contributed by atoms with Crippen LogP contribution in [0, 0.1) is 17.8 Å². The Labute approximate surface area is 115 Å². The monoisotopic (exact) mass is 280 g/mol. The van der Waals surface area contributed by atoms with Gasteiger partial charge in [-0.25, -0.2) is 4.98 Å². The van der Waals surface area contributed by atoms with Gasteiger partial charge in [0.2, 0.25) is 0 Å². The number of esters is 1. The first-order valence-corrected chi connectivity index (χ1v) is 7.42. The van der Waals surface area contributed by atoms with Crippen LogP contribution in [0.15, 0.2) is 10.9 Å². The van der Waals surface area contributed by atoms with Gasteiger partial charge in [0.05, 0.1) is 18.5 Å². The summed E-state index contributed by atoms with van der Waals surface area (Å²) in [4.78, 5) is 28.0. The smallest absolute Gasteiger partial charge is 0.311 e. The second kappa shape index (κ2) is 4.92. The lowest BCUT2D eigenvalue weighted by atomic mass is 9.84. The number of rotatable bonds is 3. The lowest BCUT2D eigenvalue weighted by molar-refractivity contribution is -0.148. The molecule has 2 aliphatic rings. The van der Waals surface area contributed by atoms with Crippen molar-refractivity contribution < 1.29 is 14.3 Å². The molecule has 0 aliphatic heterocycles. The minimum absolute atomic E-state index is 0.0969. The Hall–Kier alpha value is -1.43. The Kier molecular flexibility index (Phi) is 3.26. The Morgan fingerprint density at radius 3 is 2.89 bits per heavy atom. The SMILES string of the molecule is COC(=O)[C@H]1[C@H]2CC[C@@H](C2)[C@@H]1NC(=O)c1cscn1. The first-order chi connectivity index (χ1) is 9.20. The number of ether oxygens (including phenoxy) is 1. The molecule has 3 rings (SSSR count). The summed E-state index contributed by atoms with van der Waals surface area (Å²) in [5.41, 5.74) is 2.06. The van der Waals surface area contributed by atoms with Gasteiger partial charge >= 0.3 is 5.97 Å². The Morgan fingerprint density at radius 1 is 1.42 bits per heavy atom. The highest BCUT2D eigenvalue weighted by atomic mass is 32.1. The van der Waals surface area contributed by atoms with Crippen LogP contribution in [-0.4, -0.2) is 30.0 Å². The largest absolute Gasteiger partial charge is 0.469 e. The van der Waals surface area contributed by atoms with Crippen molar-refractivity contribution in [2.75, 3.05) is 7.11 Å². The maximum Gasteiger partial charge on any atom is 0.311 e. The fourth-order valence-corrected chi connectivity index (χ4v) is 4.06. The number of thiazole rings is 1. The van der Waals surface area contributed by atoms with Crippen molar-refractivity contribution in [1.29, 1.82) is 0 Å². The molecule has 5 nitrogen and oxygen atoms in total. The molecule has 2 saturated carbocycles. The molecule has 2 aliphatic carbocycles. The summed E-state index contributed by atoms with van der Waals surface area (Å²) < 4.78 is 4.89. The second-order valence-corrected chi connectivity index (χ2v) is 5.97. The van der Waals surface area contributed by atoms with Crippen LogP contribution >= 0.6 is 11.3 Å². The highest BCUT2D eigenvalue weighted by Crippen LogP contribution is 2.48. The maximum absolute atomic E-state index is 12.1. The van der Waals surface area contributed by atoms with Crippen molar-refractivity contribution in [1.82, 2.24) is 10.3 Å². The molecule has 19 heavy (non-hydrogen) atoms. The molecule has 0 unspecified atom stereocenters. The highest BCUT2D eigenvalue weighted by Gasteiger charge is 2.52. The van der Waals surface area contributed by atoms with Crippen molar-refractivity contribution >= 4 is 23.2 Å². The van der Waals surface area contributed by atoms with Crippen LogP contribution in [-0.2, 0) is 9.53 Å². The molecule has 1 aromatic heterocycles. The summed E-state index contributed by atoms with van der Waals surface area (Å²) in [6.45, 7) is 0. The molecule has 1 aromatic rings. The molecule has 2 bridgehead atoms. The summed E-state index contributed by atoms with van der Waals surface area (Å²) in [6.07, 6.45) is 3.16. The van der Waals surface area contributed by atoms with Crippen LogP contribution < -0.4 is 5.32 Å². The van der Waals surface area contributed by atoms with E-state index in [1.54, 1.807) is 10.9 Å². The number of methoxy groups -OCH3 is 1. The molecule has 1 amide bonds. The van der Waals surface area contributed by atoms with Crippen molar-refractivity contribution in [3.63, 3.8) is 0 Å². The molecular weight excluding hydrogens is 264 g/mol. The number of fused-ring (bicyclic) bond motifs is 2. The molecule has 0 radical (unpaired) electrons. The van der Waals surface area contributed by atoms with Gasteiger partial charge in [0.1, 0.15) is 5.69 Å². The number of amides is 1. The molecular formula is C13H16N2O3S. The topological polar surface area (TPSA) is 68.3 Å². The van der Waals surface area contributed by atoms with Gasteiger partial charge in [-0.05, 0) is 31.1 Å². The highest BCUT2D eigenvalue weighted by molar-refractivity contribution is 7.07. The number of carbonyl (C=O) groups is 2. The number of hydrogen-bond donors (Lipinski definition) is 1. The first-order valence-electron chi connectivity index (χ1n) is 6.47. The van der Waals surface area contributed by atoms with E-state index in [0.29, 0.717) is 17.5 Å². The molecule has 4 atom stereocenters. The zero-order valence-electron chi connectivity index (χ0n) is 10.7.